The molecule has 0 atom stereocenters. The molecule has 1 N–H and O–H groups in total. The molecular weight excluding hydrogens is 265 g/mol. The van der Waals surface area contributed by atoms with Crippen LogP contribution in [0.5, 0.6) is 0 Å². The fourth-order valence-corrected chi connectivity index (χ4v) is 2.23. The van der Waals surface area contributed by atoms with Gasteiger partial charge < -0.3 is 14.7 Å². The van der Waals surface area contributed by atoms with Crippen LogP contribution in [0.25, 0.3) is 0 Å². The fourth-order valence-electron chi connectivity index (χ4n) is 2.23. The van der Waals surface area contributed by atoms with Gasteiger partial charge in [-0.3, -0.25) is 0 Å². The second-order valence-electron chi connectivity index (χ2n) is 4.43. The third-order valence-electron chi connectivity index (χ3n) is 3.11. The lowest BCUT2D eigenvalue weighted by Gasteiger charge is -2.28. The van der Waals surface area contributed by atoms with E-state index < -0.39 is 17.9 Å². The summed E-state index contributed by atoms with van der Waals surface area (Å²) in [5.74, 6) is -1.79. The number of fused-ring (bicyclic) bond motifs is 1. The van der Waals surface area contributed by atoms with Gasteiger partial charge >= 0.3 is 12.1 Å². The van der Waals surface area contributed by atoms with Gasteiger partial charge in [-0.15, -0.1) is 0 Å². The second kappa shape index (κ2) is 5.73. The van der Waals surface area contributed by atoms with Crippen LogP contribution in [-0.4, -0.2) is 35.2 Å². The lowest BCUT2D eigenvalue weighted by molar-refractivity contribution is 0.0694. The topological polar surface area (TPSA) is 66.8 Å². The molecule has 0 spiro atoms. The molecule has 2 rings (SSSR count). The van der Waals surface area contributed by atoms with Gasteiger partial charge in [-0.1, -0.05) is 12.7 Å². The number of carboxylic acid groups (broad SMARTS) is 1. The summed E-state index contributed by atoms with van der Waals surface area (Å²) in [7, 11) is 0. The van der Waals surface area contributed by atoms with Crippen molar-refractivity contribution in [3.8, 4) is 0 Å². The zero-order valence-electron chi connectivity index (χ0n) is 10.8. The smallest absolute Gasteiger partial charge is 0.410 e. The number of amides is 1. The van der Waals surface area contributed by atoms with Crippen LogP contribution in [0.15, 0.2) is 24.8 Å². The molecule has 0 aliphatic carbocycles. The van der Waals surface area contributed by atoms with Crippen LogP contribution in [-0.2, 0) is 17.7 Å². The normalized spacial score (nSPS) is 13.6. The Kier molecular flexibility index (Phi) is 4.02. The molecule has 5 nitrogen and oxygen atoms in total. The molecule has 1 aromatic rings. The summed E-state index contributed by atoms with van der Waals surface area (Å²) in [5.41, 5.74) is 1.04. The van der Waals surface area contributed by atoms with Gasteiger partial charge in [0.2, 0.25) is 0 Å². The Balaban J connectivity index is 2.24. The number of carbonyl (C=O) groups is 2. The summed E-state index contributed by atoms with van der Waals surface area (Å²) in [4.78, 5) is 24.2. The Morgan fingerprint density at radius 3 is 2.90 bits per heavy atom. The maximum absolute atomic E-state index is 13.4. The Hall–Kier alpha value is -2.37. The molecule has 106 valence electrons. The first-order valence-corrected chi connectivity index (χ1v) is 6.10. The number of ether oxygens (including phenoxy) is 1. The Morgan fingerprint density at radius 1 is 1.50 bits per heavy atom. The van der Waals surface area contributed by atoms with Gasteiger partial charge in [0.15, 0.2) is 0 Å². The Bertz CT molecular complexity index is 571. The van der Waals surface area contributed by atoms with E-state index in [1.807, 2.05) is 0 Å². The average molecular weight is 279 g/mol. The summed E-state index contributed by atoms with van der Waals surface area (Å²) in [6, 6.07) is 2.27. The van der Waals surface area contributed by atoms with E-state index in [1.54, 1.807) is 0 Å². The van der Waals surface area contributed by atoms with Crippen molar-refractivity contribution in [1.82, 2.24) is 4.90 Å². The Morgan fingerprint density at radius 2 is 2.25 bits per heavy atom. The van der Waals surface area contributed by atoms with Gasteiger partial charge in [-0.25, -0.2) is 14.0 Å². The molecule has 0 fully saturated rings. The molecular formula is C14H14FNO4. The third-order valence-corrected chi connectivity index (χ3v) is 3.11. The number of halogens is 1. The van der Waals surface area contributed by atoms with E-state index in [2.05, 4.69) is 6.58 Å². The third kappa shape index (κ3) is 2.79. The number of nitrogens with zero attached hydrogens (tertiary/aromatic N) is 1. The maximum atomic E-state index is 13.4. The van der Waals surface area contributed by atoms with Crippen molar-refractivity contribution in [3.63, 3.8) is 0 Å². The molecule has 0 bridgehead atoms. The molecule has 1 aliphatic heterocycles. The van der Waals surface area contributed by atoms with Crippen molar-refractivity contribution < 1.29 is 23.8 Å². The van der Waals surface area contributed by atoms with Gasteiger partial charge in [-0.2, -0.15) is 0 Å². The predicted molar refractivity (Wildman–Crippen MR) is 69.0 cm³/mol. The highest BCUT2D eigenvalue weighted by Gasteiger charge is 2.26. The SMILES string of the molecule is C=CCOC(=O)N1CCc2c(cc(F)cc2C(=O)O)C1. The highest BCUT2D eigenvalue weighted by Crippen LogP contribution is 2.24. The van der Waals surface area contributed by atoms with Crippen molar-refractivity contribution in [1.29, 1.82) is 0 Å². The van der Waals surface area contributed by atoms with Gasteiger partial charge in [0.05, 0.1) is 5.56 Å². The zero-order chi connectivity index (χ0) is 14.7. The van der Waals surface area contributed by atoms with Gasteiger partial charge in [0.1, 0.15) is 12.4 Å². The minimum Gasteiger partial charge on any atom is -0.478 e. The van der Waals surface area contributed by atoms with Crippen LogP contribution in [0.3, 0.4) is 0 Å². The molecule has 1 aromatic carbocycles. The minimum atomic E-state index is -1.16. The fraction of sp³-hybridized carbons (Fsp3) is 0.286. The number of hydrogen-bond acceptors (Lipinski definition) is 3. The minimum absolute atomic E-state index is 0.0425. The summed E-state index contributed by atoms with van der Waals surface area (Å²) < 4.78 is 18.3. The van der Waals surface area contributed by atoms with Gasteiger partial charge in [-0.05, 0) is 29.7 Å². The standard InChI is InChI=1S/C14H14FNO4/c1-2-5-20-14(19)16-4-3-11-9(8-16)6-10(15)7-12(11)13(17)18/h2,6-7H,1,3-5,8H2,(H,17,18). The molecule has 1 heterocycles. The van der Waals surface area contributed by atoms with Crippen molar-refractivity contribution >= 4 is 12.1 Å². The zero-order valence-corrected chi connectivity index (χ0v) is 10.8. The first-order valence-electron chi connectivity index (χ1n) is 6.10. The molecule has 0 aromatic heterocycles. The van der Waals surface area contributed by atoms with Crippen LogP contribution < -0.4 is 0 Å². The first-order chi connectivity index (χ1) is 9.52. The number of aromatic carboxylic acids is 1. The molecule has 0 saturated carbocycles. The molecule has 20 heavy (non-hydrogen) atoms. The lowest BCUT2D eigenvalue weighted by Crippen LogP contribution is -2.37. The molecule has 1 amide bonds. The quantitative estimate of drug-likeness (QED) is 0.861. The molecule has 0 saturated heterocycles. The van der Waals surface area contributed by atoms with E-state index in [0.29, 0.717) is 24.1 Å². The second-order valence-corrected chi connectivity index (χ2v) is 4.43. The van der Waals surface area contributed by atoms with Crippen LogP contribution in [0.1, 0.15) is 21.5 Å². The molecule has 6 heteroatoms. The van der Waals surface area contributed by atoms with Crippen molar-refractivity contribution in [2.75, 3.05) is 13.2 Å². The van der Waals surface area contributed by atoms with E-state index in [0.717, 1.165) is 6.07 Å². The lowest BCUT2D eigenvalue weighted by atomic mass is 9.94. The average Bonchev–Trinajstić information content (AvgIpc) is 2.42. The summed E-state index contributed by atoms with van der Waals surface area (Å²) in [6.45, 7) is 4.03. The monoisotopic (exact) mass is 279 g/mol. The predicted octanol–water partition coefficient (Wildman–Crippen LogP) is 2.20. The van der Waals surface area contributed by atoms with E-state index >= 15 is 0 Å². The van der Waals surface area contributed by atoms with Crippen LogP contribution >= 0.6 is 0 Å². The number of rotatable bonds is 3. The molecule has 0 radical (unpaired) electrons. The van der Waals surface area contributed by atoms with E-state index in [9.17, 15) is 14.0 Å². The van der Waals surface area contributed by atoms with E-state index in [4.69, 9.17) is 9.84 Å². The number of carboxylic acids is 1. The number of hydrogen-bond donors (Lipinski definition) is 1. The van der Waals surface area contributed by atoms with Crippen molar-refractivity contribution in [2.24, 2.45) is 0 Å². The van der Waals surface area contributed by atoms with Crippen LogP contribution in [0.4, 0.5) is 9.18 Å². The highest BCUT2D eigenvalue weighted by molar-refractivity contribution is 5.90. The molecule has 1 aliphatic rings. The van der Waals surface area contributed by atoms with E-state index in [1.165, 1.54) is 17.0 Å². The summed E-state index contributed by atoms with van der Waals surface area (Å²) in [5, 5.41) is 9.07. The maximum Gasteiger partial charge on any atom is 0.410 e. The first kappa shape index (κ1) is 14.0. The Labute approximate surface area is 115 Å². The van der Waals surface area contributed by atoms with Crippen molar-refractivity contribution in [2.45, 2.75) is 13.0 Å². The van der Waals surface area contributed by atoms with Crippen LogP contribution in [0.2, 0.25) is 0 Å². The summed E-state index contributed by atoms with van der Waals surface area (Å²) in [6.07, 6.45) is 1.30. The largest absolute Gasteiger partial charge is 0.478 e. The van der Waals surface area contributed by atoms with Crippen LogP contribution in [0, 0.1) is 5.82 Å². The molecule has 0 unspecified atom stereocenters. The van der Waals surface area contributed by atoms with E-state index in [-0.39, 0.29) is 18.7 Å². The van der Waals surface area contributed by atoms with Gasteiger partial charge in [0, 0.05) is 13.1 Å². The van der Waals surface area contributed by atoms with Crippen molar-refractivity contribution in [3.05, 3.63) is 47.3 Å². The number of carbonyl (C=O) groups excluding carboxylic acids is 1. The summed E-state index contributed by atoms with van der Waals surface area (Å²) >= 11 is 0. The van der Waals surface area contributed by atoms with Gasteiger partial charge in [0.25, 0.3) is 0 Å². The number of benzene rings is 1. The highest BCUT2D eigenvalue weighted by atomic mass is 19.1.